The van der Waals surface area contributed by atoms with Crippen LogP contribution in [-0.4, -0.2) is 24.4 Å². The first-order valence-corrected chi connectivity index (χ1v) is 7.00. The van der Waals surface area contributed by atoms with Crippen LogP contribution in [-0.2, 0) is 0 Å². The third-order valence-corrected chi connectivity index (χ3v) is 3.94. The fourth-order valence-electron chi connectivity index (χ4n) is 3.00. The van der Waals surface area contributed by atoms with Crippen molar-refractivity contribution in [2.45, 2.75) is 45.8 Å². The smallest absolute Gasteiger partial charge is 0.161 e. The van der Waals surface area contributed by atoms with E-state index in [0.717, 1.165) is 29.9 Å². The fraction of sp³-hybridized carbons (Fsp3) is 0.625. The van der Waals surface area contributed by atoms with E-state index in [4.69, 9.17) is 9.47 Å². The van der Waals surface area contributed by atoms with Gasteiger partial charge in [-0.3, -0.25) is 0 Å². The topological polar surface area (TPSA) is 38.7 Å². The first-order chi connectivity index (χ1) is 9.01. The molecule has 19 heavy (non-hydrogen) atoms. The Bertz CT molecular complexity index is 418. The molecule has 0 aliphatic heterocycles. The lowest BCUT2D eigenvalue weighted by atomic mass is 9.79. The molecule has 1 aromatic carbocycles. The average Bonchev–Trinajstić information content (AvgIpc) is 2.35. The molecule has 1 N–H and O–H groups in total. The molecule has 1 saturated carbocycles. The van der Waals surface area contributed by atoms with Crippen molar-refractivity contribution in [1.29, 1.82) is 0 Å². The number of methoxy groups -OCH3 is 1. The average molecular weight is 264 g/mol. The molecule has 1 aliphatic carbocycles. The molecule has 2 rings (SSSR count). The minimum atomic E-state index is -0.398. The van der Waals surface area contributed by atoms with Crippen molar-refractivity contribution in [3.05, 3.63) is 23.8 Å². The summed E-state index contributed by atoms with van der Waals surface area (Å²) in [6.07, 6.45) is 1.36. The predicted octanol–water partition coefficient (Wildman–Crippen LogP) is 3.18. The van der Waals surface area contributed by atoms with Crippen molar-refractivity contribution in [2.75, 3.05) is 7.11 Å². The van der Waals surface area contributed by atoms with Gasteiger partial charge in [-0.1, -0.05) is 19.9 Å². The van der Waals surface area contributed by atoms with Crippen LogP contribution in [0.3, 0.4) is 0 Å². The van der Waals surface area contributed by atoms with Crippen LogP contribution in [0.1, 0.15) is 32.3 Å². The molecule has 1 aromatic rings. The van der Waals surface area contributed by atoms with Crippen molar-refractivity contribution in [3.8, 4) is 11.5 Å². The van der Waals surface area contributed by atoms with Crippen LogP contribution in [0.2, 0.25) is 0 Å². The summed E-state index contributed by atoms with van der Waals surface area (Å²) in [7, 11) is 1.64. The van der Waals surface area contributed by atoms with Crippen LogP contribution in [0.4, 0.5) is 0 Å². The lowest BCUT2D eigenvalue weighted by molar-refractivity contribution is -0.0397. The second-order valence-corrected chi connectivity index (χ2v) is 5.86. The monoisotopic (exact) mass is 264 g/mol. The minimum Gasteiger partial charge on any atom is -0.493 e. The Hall–Kier alpha value is -1.22. The van der Waals surface area contributed by atoms with E-state index in [2.05, 4.69) is 13.8 Å². The zero-order chi connectivity index (χ0) is 14.0. The molecule has 3 nitrogen and oxygen atoms in total. The Morgan fingerprint density at radius 1 is 1.16 bits per heavy atom. The molecule has 0 amide bonds. The van der Waals surface area contributed by atoms with Crippen LogP contribution >= 0.6 is 0 Å². The molecule has 0 spiro atoms. The zero-order valence-corrected chi connectivity index (χ0v) is 12.2. The van der Waals surface area contributed by atoms with E-state index in [-0.39, 0.29) is 6.10 Å². The number of aliphatic hydroxyl groups excluding tert-OH is 1. The van der Waals surface area contributed by atoms with Crippen LogP contribution in [0.5, 0.6) is 11.5 Å². The Morgan fingerprint density at radius 3 is 2.53 bits per heavy atom. The van der Waals surface area contributed by atoms with E-state index in [1.54, 1.807) is 7.11 Å². The molecule has 0 bridgehead atoms. The molecule has 106 valence electrons. The number of benzene rings is 1. The number of aliphatic hydroxyl groups is 1. The van der Waals surface area contributed by atoms with Gasteiger partial charge in [0.25, 0.3) is 0 Å². The summed E-state index contributed by atoms with van der Waals surface area (Å²) in [6, 6.07) is 5.88. The Labute approximate surface area is 115 Å². The molecule has 0 aromatic heterocycles. The van der Waals surface area contributed by atoms with Crippen molar-refractivity contribution < 1.29 is 14.6 Å². The van der Waals surface area contributed by atoms with E-state index in [9.17, 15) is 5.11 Å². The van der Waals surface area contributed by atoms with Gasteiger partial charge in [0.05, 0.1) is 13.2 Å². The summed E-state index contributed by atoms with van der Waals surface area (Å²) in [5.74, 6) is 2.37. The third kappa shape index (κ3) is 3.21. The highest BCUT2D eigenvalue weighted by Gasteiger charge is 2.34. The molecule has 0 saturated heterocycles. The fourth-order valence-corrected chi connectivity index (χ4v) is 3.00. The molecule has 4 atom stereocenters. The summed E-state index contributed by atoms with van der Waals surface area (Å²) >= 11 is 0. The van der Waals surface area contributed by atoms with Crippen LogP contribution in [0.15, 0.2) is 18.2 Å². The summed E-state index contributed by atoms with van der Waals surface area (Å²) in [5.41, 5.74) is 1.13. The standard InChI is InChI=1S/C16H24O3/c1-10-5-6-14(15(9-10)18-4)19-16-12(3)7-11(2)8-13(16)17/h5-6,9,11-13,16-17H,7-8H2,1-4H3. The molecule has 3 heteroatoms. The summed E-state index contributed by atoms with van der Waals surface area (Å²) in [4.78, 5) is 0. The Kier molecular flexibility index (Phi) is 4.35. The van der Waals surface area contributed by atoms with Gasteiger partial charge in [0.15, 0.2) is 11.5 Å². The van der Waals surface area contributed by atoms with Crippen molar-refractivity contribution in [3.63, 3.8) is 0 Å². The molecule has 4 unspecified atom stereocenters. The molecular formula is C16H24O3. The zero-order valence-electron chi connectivity index (χ0n) is 12.2. The Balaban J connectivity index is 2.16. The first-order valence-electron chi connectivity index (χ1n) is 7.00. The summed E-state index contributed by atoms with van der Waals surface area (Å²) in [5, 5.41) is 10.2. The highest BCUT2D eigenvalue weighted by Crippen LogP contribution is 2.35. The van der Waals surface area contributed by atoms with E-state index in [1.165, 1.54) is 0 Å². The molecule has 0 radical (unpaired) electrons. The van der Waals surface area contributed by atoms with E-state index in [1.807, 2.05) is 25.1 Å². The predicted molar refractivity (Wildman–Crippen MR) is 75.7 cm³/mol. The van der Waals surface area contributed by atoms with E-state index < -0.39 is 6.10 Å². The van der Waals surface area contributed by atoms with Crippen LogP contribution in [0, 0.1) is 18.8 Å². The van der Waals surface area contributed by atoms with Crippen molar-refractivity contribution in [1.82, 2.24) is 0 Å². The molecule has 1 aliphatic rings. The lowest BCUT2D eigenvalue weighted by Crippen LogP contribution is -2.43. The number of aryl methyl sites for hydroxylation is 1. The minimum absolute atomic E-state index is 0.146. The van der Waals surface area contributed by atoms with Crippen LogP contribution < -0.4 is 9.47 Å². The molecule has 0 heterocycles. The number of rotatable bonds is 3. The third-order valence-electron chi connectivity index (χ3n) is 3.94. The van der Waals surface area contributed by atoms with Gasteiger partial charge in [0.2, 0.25) is 0 Å². The quantitative estimate of drug-likeness (QED) is 0.911. The molecule has 1 fully saturated rings. The summed E-state index contributed by atoms with van der Waals surface area (Å²) < 4.78 is 11.4. The lowest BCUT2D eigenvalue weighted by Gasteiger charge is -2.37. The SMILES string of the molecule is COc1cc(C)ccc1OC1C(C)CC(C)CC1O. The van der Waals surface area contributed by atoms with Gasteiger partial charge in [-0.2, -0.15) is 0 Å². The number of hydrogen-bond donors (Lipinski definition) is 1. The maximum Gasteiger partial charge on any atom is 0.161 e. The maximum absolute atomic E-state index is 10.2. The second kappa shape index (κ2) is 5.83. The van der Waals surface area contributed by atoms with Gasteiger partial charge in [-0.25, -0.2) is 0 Å². The molecular weight excluding hydrogens is 240 g/mol. The second-order valence-electron chi connectivity index (χ2n) is 5.86. The largest absolute Gasteiger partial charge is 0.493 e. The Morgan fingerprint density at radius 2 is 1.89 bits per heavy atom. The highest BCUT2D eigenvalue weighted by molar-refractivity contribution is 5.42. The van der Waals surface area contributed by atoms with E-state index >= 15 is 0 Å². The van der Waals surface area contributed by atoms with Gasteiger partial charge in [-0.15, -0.1) is 0 Å². The van der Waals surface area contributed by atoms with Gasteiger partial charge in [0.1, 0.15) is 6.10 Å². The van der Waals surface area contributed by atoms with Crippen molar-refractivity contribution in [2.24, 2.45) is 11.8 Å². The van der Waals surface area contributed by atoms with Gasteiger partial charge in [-0.05, 0) is 49.3 Å². The van der Waals surface area contributed by atoms with E-state index in [0.29, 0.717) is 11.8 Å². The first kappa shape index (κ1) is 14.2. The highest BCUT2D eigenvalue weighted by atomic mass is 16.5. The normalized spacial score (nSPS) is 31.0. The maximum atomic E-state index is 10.2. The summed E-state index contributed by atoms with van der Waals surface area (Å²) in [6.45, 7) is 6.35. The van der Waals surface area contributed by atoms with Gasteiger partial charge >= 0.3 is 0 Å². The number of hydrogen-bond acceptors (Lipinski definition) is 3. The van der Waals surface area contributed by atoms with Gasteiger partial charge in [0, 0.05) is 0 Å². The number of ether oxygens (including phenoxy) is 2. The van der Waals surface area contributed by atoms with Gasteiger partial charge < -0.3 is 14.6 Å². The van der Waals surface area contributed by atoms with Crippen molar-refractivity contribution >= 4 is 0 Å². The van der Waals surface area contributed by atoms with Crippen LogP contribution in [0.25, 0.3) is 0 Å².